The molecule has 1 saturated heterocycles. The van der Waals surface area contributed by atoms with Gasteiger partial charge in [-0.15, -0.1) is 0 Å². The highest BCUT2D eigenvalue weighted by atomic mass is 35.5. The summed E-state index contributed by atoms with van der Waals surface area (Å²) in [7, 11) is 0. The van der Waals surface area contributed by atoms with Crippen LogP contribution in [0.2, 0.25) is 5.02 Å². The summed E-state index contributed by atoms with van der Waals surface area (Å²) in [6, 6.07) is 5.53. The Bertz CT molecular complexity index is 413. The molecule has 4 heteroatoms. The molecule has 1 aromatic rings. The lowest BCUT2D eigenvalue weighted by molar-refractivity contribution is 0.0322. The minimum atomic E-state index is -0.339. The van der Waals surface area contributed by atoms with E-state index in [-0.39, 0.29) is 10.8 Å². The van der Waals surface area contributed by atoms with Crippen LogP contribution in [0.15, 0.2) is 18.2 Å². The van der Waals surface area contributed by atoms with Gasteiger partial charge in [0, 0.05) is 18.6 Å². The third-order valence-corrected chi connectivity index (χ3v) is 3.92. The smallest absolute Gasteiger partial charge is 0.142 e. The standard InChI is InChI=1S/C15H21ClFNO/c1-2-6-18-15-5-7-19-10-12(15)8-11-3-4-13(16)14(17)9-11/h3-4,9,12,15,18H,2,5-8,10H2,1H3. The first kappa shape index (κ1) is 14.8. The Morgan fingerprint density at radius 2 is 2.32 bits per heavy atom. The molecule has 2 unspecified atom stereocenters. The molecule has 0 radical (unpaired) electrons. The highest BCUT2D eigenvalue weighted by Gasteiger charge is 2.25. The molecular weight excluding hydrogens is 265 g/mol. The molecule has 1 heterocycles. The summed E-state index contributed by atoms with van der Waals surface area (Å²) in [5.41, 5.74) is 0.987. The number of benzene rings is 1. The van der Waals surface area contributed by atoms with Crippen molar-refractivity contribution in [2.24, 2.45) is 5.92 Å². The van der Waals surface area contributed by atoms with E-state index in [2.05, 4.69) is 12.2 Å². The summed E-state index contributed by atoms with van der Waals surface area (Å²) in [5.74, 6) is 0.0647. The first-order valence-electron chi connectivity index (χ1n) is 6.95. The SMILES string of the molecule is CCCNC1CCOCC1Cc1ccc(Cl)c(F)c1. The number of hydrogen-bond donors (Lipinski definition) is 1. The molecule has 0 aromatic heterocycles. The molecule has 1 fully saturated rings. The highest BCUT2D eigenvalue weighted by molar-refractivity contribution is 6.30. The highest BCUT2D eigenvalue weighted by Crippen LogP contribution is 2.22. The van der Waals surface area contributed by atoms with Crippen molar-refractivity contribution >= 4 is 11.6 Å². The molecule has 19 heavy (non-hydrogen) atoms. The Morgan fingerprint density at radius 1 is 1.47 bits per heavy atom. The molecule has 2 nitrogen and oxygen atoms in total. The minimum Gasteiger partial charge on any atom is -0.381 e. The fraction of sp³-hybridized carbons (Fsp3) is 0.600. The first-order valence-corrected chi connectivity index (χ1v) is 7.33. The third kappa shape index (κ3) is 4.16. The zero-order chi connectivity index (χ0) is 13.7. The number of hydrogen-bond acceptors (Lipinski definition) is 2. The van der Waals surface area contributed by atoms with Crippen LogP contribution in [-0.2, 0) is 11.2 Å². The molecule has 106 valence electrons. The van der Waals surface area contributed by atoms with Crippen molar-refractivity contribution in [1.82, 2.24) is 5.32 Å². The van der Waals surface area contributed by atoms with E-state index in [1.54, 1.807) is 6.07 Å². The maximum Gasteiger partial charge on any atom is 0.142 e. The number of nitrogens with one attached hydrogen (secondary N) is 1. The summed E-state index contributed by atoms with van der Waals surface area (Å²) >= 11 is 5.71. The zero-order valence-corrected chi connectivity index (χ0v) is 12.0. The molecule has 0 saturated carbocycles. The van der Waals surface area contributed by atoms with Crippen LogP contribution in [0.5, 0.6) is 0 Å². The van der Waals surface area contributed by atoms with Crippen LogP contribution in [-0.4, -0.2) is 25.8 Å². The monoisotopic (exact) mass is 285 g/mol. The van der Waals surface area contributed by atoms with Gasteiger partial charge in [-0.2, -0.15) is 0 Å². The lowest BCUT2D eigenvalue weighted by Crippen LogP contribution is -2.44. The van der Waals surface area contributed by atoms with Crippen molar-refractivity contribution in [1.29, 1.82) is 0 Å². The van der Waals surface area contributed by atoms with Crippen molar-refractivity contribution in [3.05, 3.63) is 34.6 Å². The Kier molecular flexibility index (Phi) is 5.61. The van der Waals surface area contributed by atoms with Gasteiger partial charge in [0.25, 0.3) is 0 Å². The normalized spacial score (nSPS) is 23.5. The molecule has 1 aromatic carbocycles. The van der Waals surface area contributed by atoms with Gasteiger partial charge in [0.1, 0.15) is 5.82 Å². The van der Waals surface area contributed by atoms with Crippen molar-refractivity contribution in [3.8, 4) is 0 Å². The molecule has 1 aliphatic heterocycles. The quantitative estimate of drug-likeness (QED) is 0.895. The van der Waals surface area contributed by atoms with E-state index in [4.69, 9.17) is 16.3 Å². The molecule has 0 bridgehead atoms. The lowest BCUT2D eigenvalue weighted by atomic mass is 9.89. The van der Waals surface area contributed by atoms with Crippen molar-refractivity contribution in [2.45, 2.75) is 32.2 Å². The molecular formula is C15H21ClFNO. The molecule has 0 aliphatic carbocycles. The molecule has 2 rings (SSSR count). The van der Waals surface area contributed by atoms with Crippen LogP contribution in [0.25, 0.3) is 0 Å². The fourth-order valence-electron chi connectivity index (χ4n) is 2.57. The summed E-state index contributed by atoms with van der Waals surface area (Å²) in [6.45, 7) is 4.74. The van der Waals surface area contributed by atoms with Crippen molar-refractivity contribution in [2.75, 3.05) is 19.8 Å². The second-order valence-electron chi connectivity index (χ2n) is 5.14. The van der Waals surface area contributed by atoms with E-state index >= 15 is 0 Å². The van der Waals surface area contributed by atoms with Crippen molar-refractivity contribution < 1.29 is 9.13 Å². The van der Waals surface area contributed by atoms with E-state index in [1.165, 1.54) is 6.07 Å². The van der Waals surface area contributed by atoms with E-state index in [1.807, 2.05) is 6.07 Å². The van der Waals surface area contributed by atoms with Crippen LogP contribution in [0.4, 0.5) is 4.39 Å². The average molecular weight is 286 g/mol. The number of ether oxygens (including phenoxy) is 1. The molecule has 1 aliphatic rings. The van der Waals surface area contributed by atoms with Gasteiger partial charge < -0.3 is 10.1 Å². The van der Waals surface area contributed by atoms with Crippen molar-refractivity contribution in [3.63, 3.8) is 0 Å². The molecule has 2 atom stereocenters. The van der Waals surface area contributed by atoms with Gasteiger partial charge in [-0.05, 0) is 43.5 Å². The Balaban J connectivity index is 1.99. The topological polar surface area (TPSA) is 21.3 Å². The lowest BCUT2D eigenvalue weighted by Gasteiger charge is -2.32. The first-order chi connectivity index (χ1) is 9.20. The maximum atomic E-state index is 13.5. The van der Waals surface area contributed by atoms with Gasteiger partial charge in [0.05, 0.1) is 11.6 Å². The van der Waals surface area contributed by atoms with E-state index in [9.17, 15) is 4.39 Å². The van der Waals surface area contributed by atoms with Gasteiger partial charge >= 0.3 is 0 Å². The second-order valence-corrected chi connectivity index (χ2v) is 5.54. The number of rotatable bonds is 5. The summed E-state index contributed by atoms with van der Waals surface area (Å²) < 4.78 is 19.0. The van der Waals surface area contributed by atoms with Crippen LogP contribution < -0.4 is 5.32 Å². The largest absolute Gasteiger partial charge is 0.381 e. The van der Waals surface area contributed by atoms with Gasteiger partial charge in [0.15, 0.2) is 0 Å². The number of halogens is 2. The van der Waals surface area contributed by atoms with Crippen LogP contribution in [0.1, 0.15) is 25.3 Å². The predicted octanol–water partition coefficient (Wildman–Crippen LogP) is 3.43. The Hall–Kier alpha value is -0.640. The summed E-state index contributed by atoms with van der Waals surface area (Å²) in [5, 5.41) is 3.75. The summed E-state index contributed by atoms with van der Waals surface area (Å²) in [4.78, 5) is 0. The fourth-order valence-corrected chi connectivity index (χ4v) is 2.68. The molecule has 0 amide bonds. The van der Waals surface area contributed by atoms with E-state index < -0.39 is 0 Å². The Labute approximate surface area is 119 Å². The van der Waals surface area contributed by atoms with Gasteiger partial charge in [-0.3, -0.25) is 0 Å². The van der Waals surface area contributed by atoms with Gasteiger partial charge in [0.2, 0.25) is 0 Å². The van der Waals surface area contributed by atoms with Crippen LogP contribution in [0.3, 0.4) is 0 Å². The predicted molar refractivity (Wildman–Crippen MR) is 76.1 cm³/mol. The second kappa shape index (κ2) is 7.22. The van der Waals surface area contributed by atoms with Gasteiger partial charge in [-0.1, -0.05) is 24.6 Å². The zero-order valence-electron chi connectivity index (χ0n) is 11.3. The van der Waals surface area contributed by atoms with E-state index in [0.29, 0.717) is 12.0 Å². The van der Waals surface area contributed by atoms with Crippen LogP contribution in [0, 0.1) is 11.7 Å². The molecule has 0 spiro atoms. The van der Waals surface area contributed by atoms with Crippen LogP contribution >= 0.6 is 11.6 Å². The third-order valence-electron chi connectivity index (χ3n) is 3.61. The minimum absolute atomic E-state index is 0.185. The summed E-state index contributed by atoms with van der Waals surface area (Å²) in [6.07, 6.45) is 2.98. The maximum absolute atomic E-state index is 13.5. The Morgan fingerprint density at radius 3 is 3.05 bits per heavy atom. The van der Waals surface area contributed by atoms with E-state index in [0.717, 1.165) is 44.6 Å². The van der Waals surface area contributed by atoms with Gasteiger partial charge in [-0.25, -0.2) is 4.39 Å². The molecule has 1 N–H and O–H groups in total. The average Bonchev–Trinajstić information content (AvgIpc) is 2.42.